The van der Waals surface area contributed by atoms with Gasteiger partial charge in [0.15, 0.2) is 5.78 Å². The molecule has 1 heterocycles. The van der Waals surface area contributed by atoms with Crippen molar-refractivity contribution in [2.24, 2.45) is 5.92 Å². The van der Waals surface area contributed by atoms with E-state index < -0.39 is 42.7 Å². The quantitative estimate of drug-likeness (QED) is 0.500. The summed E-state index contributed by atoms with van der Waals surface area (Å²) >= 11 is 0. The number of carboxylic acid groups (broad SMARTS) is 1. The van der Waals surface area contributed by atoms with Gasteiger partial charge in [0.25, 0.3) is 0 Å². The summed E-state index contributed by atoms with van der Waals surface area (Å²) in [7, 11) is 0. The number of nitrogens with one attached hydrogen (secondary N) is 1. The minimum atomic E-state index is -1.47. The van der Waals surface area contributed by atoms with Crippen LogP contribution in [0.25, 0.3) is 21.8 Å². The molecule has 2 aromatic carbocycles. The highest BCUT2D eigenvalue weighted by Gasteiger charge is 2.29. The standard InChI is InChI=1S/C24H25FN2O5/c1-2-7-15(24(32)26-18(13-23(30)31)21(28)14-25)12-22(29)27-19-10-5-3-8-16(19)17-9-4-6-11-20(17)27/h3-6,8-11,15,18H,2,7,12-14H2,1H3,(H,26,32)(H,30,31)/t15-,18?/m0/s1. The fourth-order valence-corrected chi connectivity index (χ4v) is 3.97. The van der Waals surface area contributed by atoms with Crippen molar-refractivity contribution < 1.29 is 28.7 Å². The molecule has 0 fully saturated rings. The topological polar surface area (TPSA) is 105 Å². The number of benzene rings is 2. The number of nitrogens with zero attached hydrogens (tertiary/aromatic N) is 1. The van der Waals surface area contributed by atoms with E-state index in [1.807, 2.05) is 55.5 Å². The van der Waals surface area contributed by atoms with Crippen molar-refractivity contribution in [1.29, 1.82) is 0 Å². The number of Topliss-reactive ketones (excluding diaryl/α,β-unsaturated/α-hetero) is 1. The Hall–Kier alpha value is -3.55. The Kier molecular flexibility index (Phi) is 7.35. The molecule has 0 aliphatic rings. The maximum atomic E-state index is 13.3. The maximum Gasteiger partial charge on any atom is 0.305 e. The summed E-state index contributed by atoms with van der Waals surface area (Å²) in [6, 6.07) is 13.5. The molecule has 1 unspecified atom stereocenters. The van der Waals surface area contributed by atoms with Gasteiger partial charge in [0, 0.05) is 23.1 Å². The number of hydrogen-bond acceptors (Lipinski definition) is 4. The number of carboxylic acids is 1. The third-order valence-corrected chi connectivity index (χ3v) is 5.47. The molecule has 0 bridgehead atoms. The fourth-order valence-electron chi connectivity index (χ4n) is 3.97. The van der Waals surface area contributed by atoms with Crippen molar-refractivity contribution in [3.8, 4) is 0 Å². The van der Waals surface area contributed by atoms with Gasteiger partial charge in [0.05, 0.1) is 17.5 Å². The molecular weight excluding hydrogens is 415 g/mol. The zero-order valence-electron chi connectivity index (χ0n) is 17.7. The minimum absolute atomic E-state index is 0.133. The van der Waals surface area contributed by atoms with Gasteiger partial charge >= 0.3 is 5.97 Å². The third-order valence-electron chi connectivity index (χ3n) is 5.47. The van der Waals surface area contributed by atoms with Crippen LogP contribution in [0.15, 0.2) is 48.5 Å². The molecule has 32 heavy (non-hydrogen) atoms. The number of halogens is 1. The van der Waals surface area contributed by atoms with Crippen LogP contribution in [0.4, 0.5) is 4.39 Å². The summed E-state index contributed by atoms with van der Waals surface area (Å²) < 4.78 is 14.4. The first-order chi connectivity index (χ1) is 15.4. The molecular formula is C24H25FN2O5. The summed E-state index contributed by atoms with van der Waals surface area (Å²) in [5, 5.41) is 13.1. The van der Waals surface area contributed by atoms with Crippen molar-refractivity contribution in [1.82, 2.24) is 9.88 Å². The maximum absolute atomic E-state index is 13.3. The normalized spacial score (nSPS) is 13.1. The van der Waals surface area contributed by atoms with Gasteiger partial charge in [-0.2, -0.15) is 0 Å². The Balaban J connectivity index is 1.89. The van der Waals surface area contributed by atoms with E-state index in [9.17, 15) is 23.6 Å². The van der Waals surface area contributed by atoms with Crippen LogP contribution in [0, 0.1) is 5.92 Å². The van der Waals surface area contributed by atoms with Crippen molar-refractivity contribution in [3.63, 3.8) is 0 Å². The summed E-state index contributed by atoms with van der Waals surface area (Å²) in [6.07, 6.45) is 0.109. The number of alkyl halides is 1. The van der Waals surface area contributed by atoms with E-state index in [4.69, 9.17) is 5.11 Å². The second-order valence-electron chi connectivity index (χ2n) is 7.71. The predicted molar refractivity (Wildman–Crippen MR) is 118 cm³/mol. The summed E-state index contributed by atoms with van der Waals surface area (Å²) in [4.78, 5) is 48.9. The molecule has 0 spiro atoms. The van der Waals surface area contributed by atoms with Gasteiger partial charge in [0.2, 0.25) is 11.8 Å². The molecule has 168 valence electrons. The van der Waals surface area contributed by atoms with Crippen LogP contribution < -0.4 is 5.32 Å². The molecule has 1 amide bonds. The van der Waals surface area contributed by atoms with E-state index in [-0.39, 0.29) is 12.3 Å². The average Bonchev–Trinajstić information content (AvgIpc) is 3.12. The van der Waals surface area contributed by atoms with Crippen LogP contribution >= 0.6 is 0 Å². The van der Waals surface area contributed by atoms with Crippen LogP contribution in [-0.2, 0) is 14.4 Å². The first kappa shape index (κ1) is 23.1. The van der Waals surface area contributed by atoms with Crippen LogP contribution in [0.2, 0.25) is 0 Å². The molecule has 2 N–H and O–H groups in total. The Morgan fingerprint density at radius 1 is 0.969 bits per heavy atom. The Morgan fingerprint density at radius 2 is 1.53 bits per heavy atom. The molecule has 3 aromatic rings. The number of aliphatic carboxylic acids is 1. The summed E-state index contributed by atoms with van der Waals surface area (Å²) in [5.74, 6) is -4.04. The van der Waals surface area contributed by atoms with E-state index in [0.29, 0.717) is 12.8 Å². The van der Waals surface area contributed by atoms with E-state index >= 15 is 0 Å². The minimum Gasteiger partial charge on any atom is -0.481 e. The van der Waals surface area contributed by atoms with Crippen molar-refractivity contribution in [2.75, 3.05) is 6.67 Å². The SMILES string of the molecule is CCC[C@@H](CC(=O)n1c2ccccc2c2ccccc21)C(=O)NC(CC(=O)O)C(=O)CF. The highest BCUT2D eigenvalue weighted by molar-refractivity contribution is 6.13. The Labute approximate surface area is 184 Å². The monoisotopic (exact) mass is 440 g/mol. The first-order valence-corrected chi connectivity index (χ1v) is 10.5. The van der Waals surface area contributed by atoms with Gasteiger partial charge in [-0.1, -0.05) is 49.7 Å². The lowest BCUT2D eigenvalue weighted by molar-refractivity contribution is -0.140. The number of para-hydroxylation sites is 2. The van der Waals surface area contributed by atoms with Gasteiger partial charge in [-0.15, -0.1) is 0 Å². The van der Waals surface area contributed by atoms with Crippen LogP contribution in [-0.4, -0.2) is 46.0 Å². The second-order valence-corrected chi connectivity index (χ2v) is 7.71. The van der Waals surface area contributed by atoms with E-state index in [1.165, 1.54) is 0 Å². The molecule has 8 heteroatoms. The van der Waals surface area contributed by atoms with Crippen molar-refractivity contribution in [2.45, 2.75) is 38.6 Å². The van der Waals surface area contributed by atoms with Crippen LogP contribution in [0.1, 0.15) is 37.4 Å². The lowest BCUT2D eigenvalue weighted by Crippen LogP contribution is -2.46. The highest BCUT2D eigenvalue weighted by atomic mass is 19.1. The van der Waals surface area contributed by atoms with Gasteiger partial charge < -0.3 is 10.4 Å². The number of rotatable bonds is 10. The van der Waals surface area contributed by atoms with Crippen LogP contribution in [0.3, 0.4) is 0 Å². The number of amides is 1. The van der Waals surface area contributed by atoms with Gasteiger partial charge in [0.1, 0.15) is 12.7 Å². The van der Waals surface area contributed by atoms with Crippen LogP contribution in [0.5, 0.6) is 0 Å². The first-order valence-electron chi connectivity index (χ1n) is 10.5. The lowest BCUT2D eigenvalue weighted by atomic mass is 9.97. The van der Waals surface area contributed by atoms with E-state index in [0.717, 1.165) is 21.8 Å². The smallest absolute Gasteiger partial charge is 0.305 e. The molecule has 0 saturated carbocycles. The van der Waals surface area contributed by atoms with E-state index in [1.54, 1.807) is 4.57 Å². The lowest BCUT2D eigenvalue weighted by Gasteiger charge is -2.20. The largest absolute Gasteiger partial charge is 0.481 e. The average molecular weight is 440 g/mol. The number of hydrogen-bond donors (Lipinski definition) is 2. The second kappa shape index (κ2) is 10.2. The molecule has 0 aliphatic carbocycles. The Morgan fingerprint density at radius 3 is 2.03 bits per heavy atom. The third kappa shape index (κ3) is 4.85. The van der Waals surface area contributed by atoms with Crippen molar-refractivity contribution >= 4 is 45.4 Å². The van der Waals surface area contributed by atoms with Gasteiger partial charge in [-0.05, 0) is 18.6 Å². The fraction of sp³-hybridized carbons (Fsp3) is 0.333. The van der Waals surface area contributed by atoms with Gasteiger partial charge in [-0.3, -0.25) is 23.7 Å². The Bertz CT molecular complexity index is 1120. The molecule has 0 aliphatic heterocycles. The molecule has 3 rings (SSSR count). The molecule has 0 saturated heterocycles. The molecule has 2 atom stereocenters. The van der Waals surface area contributed by atoms with E-state index in [2.05, 4.69) is 5.32 Å². The number of ketones is 1. The number of aromatic nitrogens is 1. The molecule has 7 nitrogen and oxygen atoms in total. The highest BCUT2D eigenvalue weighted by Crippen LogP contribution is 2.29. The molecule has 0 radical (unpaired) electrons. The zero-order chi connectivity index (χ0) is 23.3. The summed E-state index contributed by atoms with van der Waals surface area (Å²) in [5.41, 5.74) is 1.46. The van der Waals surface area contributed by atoms with Crippen molar-refractivity contribution in [3.05, 3.63) is 48.5 Å². The van der Waals surface area contributed by atoms with Gasteiger partial charge in [-0.25, -0.2) is 4.39 Å². The zero-order valence-corrected chi connectivity index (χ0v) is 17.7. The number of fused-ring (bicyclic) bond motifs is 3. The summed E-state index contributed by atoms with van der Waals surface area (Å²) in [6.45, 7) is 0.476. The predicted octanol–water partition coefficient (Wildman–Crippen LogP) is 3.74. The molecule has 1 aromatic heterocycles. The number of carbonyl (C=O) groups is 4. The number of carbonyl (C=O) groups excluding carboxylic acids is 3.